The lowest BCUT2D eigenvalue weighted by Gasteiger charge is -2.22. The summed E-state index contributed by atoms with van der Waals surface area (Å²) in [4.78, 5) is 16.5. The molecule has 2 rings (SSSR count). The predicted octanol–water partition coefficient (Wildman–Crippen LogP) is 0.0973. The Bertz CT molecular complexity index is 337. The second kappa shape index (κ2) is 6.74. The van der Waals surface area contributed by atoms with Gasteiger partial charge in [0, 0.05) is 32.3 Å². The molecule has 0 bridgehead atoms. The Hall–Kier alpha value is -0.850. The number of likely N-dealkylation sites (tertiary alicyclic amines) is 1. The number of urea groups is 1. The largest absolute Gasteiger partial charge is 0.378 e. The van der Waals surface area contributed by atoms with Crippen molar-refractivity contribution in [1.29, 1.82) is 0 Å². The zero-order chi connectivity index (χ0) is 14.7. The van der Waals surface area contributed by atoms with Crippen molar-refractivity contribution < 1.29 is 9.53 Å². The zero-order valence-electron chi connectivity index (χ0n) is 13.1. The number of amides is 2. The van der Waals surface area contributed by atoms with Gasteiger partial charge in [-0.2, -0.15) is 0 Å². The molecule has 0 radical (unpaired) electrons. The molecule has 0 unspecified atom stereocenters. The highest BCUT2D eigenvalue weighted by molar-refractivity contribution is 5.74. The van der Waals surface area contributed by atoms with Crippen LogP contribution in [0.3, 0.4) is 0 Å². The molecule has 0 aromatic rings. The molecule has 116 valence electrons. The van der Waals surface area contributed by atoms with Crippen molar-refractivity contribution in [2.75, 3.05) is 41.3 Å². The fourth-order valence-corrected chi connectivity index (χ4v) is 3.29. The number of hydrogen-bond donors (Lipinski definition) is 2. The molecule has 1 aliphatic heterocycles. The minimum absolute atomic E-state index is 0.0586. The first-order chi connectivity index (χ1) is 9.49. The molecule has 2 amide bonds. The SMILES string of the molecule is CO[C@@H]1CN(C)C[C@H]1NC(=O)N[C@@H]1CC[C@H](N(C)C)C1. The van der Waals surface area contributed by atoms with Crippen LogP contribution in [-0.2, 0) is 4.74 Å². The first-order valence-electron chi connectivity index (χ1n) is 7.44. The van der Waals surface area contributed by atoms with Crippen LogP contribution in [0.25, 0.3) is 0 Å². The number of hydrogen-bond acceptors (Lipinski definition) is 4. The second-order valence-corrected chi connectivity index (χ2v) is 6.35. The number of methoxy groups -OCH3 is 1. The highest BCUT2D eigenvalue weighted by Gasteiger charge is 2.33. The molecular weight excluding hydrogens is 256 g/mol. The summed E-state index contributed by atoms with van der Waals surface area (Å²) >= 11 is 0. The highest BCUT2D eigenvalue weighted by Crippen LogP contribution is 2.22. The summed E-state index contributed by atoms with van der Waals surface area (Å²) in [5.74, 6) is 0. The van der Waals surface area contributed by atoms with Gasteiger partial charge in [-0.05, 0) is 40.4 Å². The summed E-state index contributed by atoms with van der Waals surface area (Å²) in [5, 5.41) is 6.15. The molecule has 0 aromatic carbocycles. The Morgan fingerprint density at radius 1 is 1.25 bits per heavy atom. The molecule has 20 heavy (non-hydrogen) atoms. The smallest absolute Gasteiger partial charge is 0.315 e. The number of likely N-dealkylation sites (N-methyl/N-ethyl adjacent to an activating group) is 1. The predicted molar refractivity (Wildman–Crippen MR) is 78.9 cm³/mol. The lowest BCUT2D eigenvalue weighted by atomic mass is 10.2. The molecule has 2 aliphatic rings. The molecule has 4 atom stereocenters. The van der Waals surface area contributed by atoms with Gasteiger partial charge >= 0.3 is 6.03 Å². The van der Waals surface area contributed by atoms with Crippen LogP contribution in [0.15, 0.2) is 0 Å². The summed E-state index contributed by atoms with van der Waals surface area (Å²) in [7, 11) is 7.95. The van der Waals surface area contributed by atoms with Gasteiger partial charge in [0.05, 0.1) is 12.1 Å². The third-order valence-corrected chi connectivity index (χ3v) is 4.54. The normalized spacial score (nSPS) is 34.6. The number of carbonyl (C=O) groups excluding carboxylic acids is 1. The van der Waals surface area contributed by atoms with Gasteiger partial charge in [-0.3, -0.25) is 0 Å². The zero-order valence-corrected chi connectivity index (χ0v) is 13.1. The summed E-state index contributed by atoms with van der Waals surface area (Å²) < 4.78 is 5.42. The highest BCUT2D eigenvalue weighted by atomic mass is 16.5. The Balaban J connectivity index is 1.76. The van der Waals surface area contributed by atoms with Gasteiger partial charge in [-0.25, -0.2) is 4.79 Å². The Labute approximate surface area is 121 Å². The van der Waals surface area contributed by atoms with Crippen molar-refractivity contribution in [3.63, 3.8) is 0 Å². The molecule has 0 spiro atoms. The minimum atomic E-state index is -0.0586. The van der Waals surface area contributed by atoms with Gasteiger partial charge < -0.3 is 25.2 Å². The van der Waals surface area contributed by atoms with E-state index < -0.39 is 0 Å². The van der Waals surface area contributed by atoms with Crippen LogP contribution in [0.4, 0.5) is 4.79 Å². The van der Waals surface area contributed by atoms with E-state index in [1.165, 1.54) is 0 Å². The number of nitrogens with one attached hydrogen (secondary N) is 2. The summed E-state index contributed by atoms with van der Waals surface area (Å²) in [6.45, 7) is 1.71. The van der Waals surface area contributed by atoms with Gasteiger partial charge in [-0.15, -0.1) is 0 Å². The van der Waals surface area contributed by atoms with Gasteiger partial charge in [-0.1, -0.05) is 0 Å². The number of ether oxygens (including phenoxy) is 1. The molecule has 6 heteroatoms. The van der Waals surface area contributed by atoms with Gasteiger partial charge in [0.1, 0.15) is 0 Å². The van der Waals surface area contributed by atoms with Crippen LogP contribution in [0.1, 0.15) is 19.3 Å². The maximum Gasteiger partial charge on any atom is 0.315 e. The molecule has 0 aromatic heterocycles. The molecule has 1 heterocycles. The van der Waals surface area contributed by atoms with Crippen LogP contribution >= 0.6 is 0 Å². The van der Waals surface area contributed by atoms with Crippen LogP contribution < -0.4 is 10.6 Å². The van der Waals surface area contributed by atoms with Crippen molar-refractivity contribution in [2.24, 2.45) is 0 Å². The van der Waals surface area contributed by atoms with Crippen molar-refractivity contribution in [2.45, 2.75) is 43.5 Å². The van der Waals surface area contributed by atoms with E-state index in [4.69, 9.17) is 4.74 Å². The van der Waals surface area contributed by atoms with E-state index in [1.807, 2.05) is 7.05 Å². The average molecular weight is 284 g/mol. The summed E-state index contributed by atoms with van der Waals surface area (Å²) in [6, 6.07) is 0.903. The molecule has 2 N–H and O–H groups in total. The van der Waals surface area contributed by atoms with E-state index in [2.05, 4.69) is 34.5 Å². The van der Waals surface area contributed by atoms with Crippen LogP contribution in [0.5, 0.6) is 0 Å². The van der Waals surface area contributed by atoms with Gasteiger partial charge in [0.2, 0.25) is 0 Å². The van der Waals surface area contributed by atoms with E-state index in [9.17, 15) is 4.79 Å². The van der Waals surface area contributed by atoms with Crippen molar-refractivity contribution >= 4 is 6.03 Å². The third kappa shape index (κ3) is 3.84. The van der Waals surface area contributed by atoms with Crippen LogP contribution in [-0.4, -0.2) is 81.4 Å². The van der Waals surface area contributed by atoms with Crippen molar-refractivity contribution in [1.82, 2.24) is 20.4 Å². The van der Waals surface area contributed by atoms with E-state index in [1.54, 1.807) is 7.11 Å². The Kier molecular flexibility index (Phi) is 5.23. The molecule has 1 aliphatic carbocycles. The summed E-state index contributed by atoms with van der Waals surface area (Å²) in [5.41, 5.74) is 0. The third-order valence-electron chi connectivity index (χ3n) is 4.54. The standard InChI is InChI=1S/C14H28N4O2/c1-17(2)11-6-5-10(7-11)15-14(19)16-12-8-18(3)9-13(12)20-4/h10-13H,5-9H2,1-4H3,(H2,15,16,19)/t10-,11+,12-,13-/m1/s1. The number of carbonyl (C=O) groups is 1. The Morgan fingerprint density at radius 3 is 2.60 bits per heavy atom. The van der Waals surface area contributed by atoms with E-state index in [0.717, 1.165) is 32.4 Å². The van der Waals surface area contributed by atoms with Crippen LogP contribution in [0.2, 0.25) is 0 Å². The lowest BCUT2D eigenvalue weighted by Crippen LogP contribution is -2.50. The lowest BCUT2D eigenvalue weighted by molar-refractivity contribution is 0.0931. The minimum Gasteiger partial charge on any atom is -0.378 e. The maximum absolute atomic E-state index is 12.1. The Morgan fingerprint density at radius 2 is 2.00 bits per heavy atom. The van der Waals surface area contributed by atoms with Crippen molar-refractivity contribution in [3.8, 4) is 0 Å². The maximum atomic E-state index is 12.1. The second-order valence-electron chi connectivity index (χ2n) is 6.35. The molecule has 6 nitrogen and oxygen atoms in total. The molecule has 2 fully saturated rings. The van der Waals surface area contributed by atoms with E-state index >= 15 is 0 Å². The molecular formula is C14H28N4O2. The first kappa shape index (κ1) is 15.5. The van der Waals surface area contributed by atoms with E-state index in [-0.39, 0.29) is 18.2 Å². The number of nitrogens with zero attached hydrogens (tertiary/aromatic N) is 2. The van der Waals surface area contributed by atoms with Gasteiger partial charge in [0.25, 0.3) is 0 Å². The quantitative estimate of drug-likeness (QED) is 0.769. The van der Waals surface area contributed by atoms with Crippen LogP contribution in [0, 0.1) is 0 Å². The fourth-order valence-electron chi connectivity index (χ4n) is 3.29. The monoisotopic (exact) mass is 284 g/mol. The molecule has 1 saturated carbocycles. The number of rotatable bonds is 4. The molecule has 1 saturated heterocycles. The van der Waals surface area contributed by atoms with Crippen molar-refractivity contribution in [3.05, 3.63) is 0 Å². The topological polar surface area (TPSA) is 56.8 Å². The fraction of sp³-hybridized carbons (Fsp3) is 0.929. The average Bonchev–Trinajstić information content (AvgIpc) is 2.96. The summed E-state index contributed by atoms with van der Waals surface area (Å²) in [6.07, 6.45) is 3.35. The van der Waals surface area contributed by atoms with E-state index in [0.29, 0.717) is 12.1 Å². The first-order valence-corrected chi connectivity index (χ1v) is 7.44. The van der Waals surface area contributed by atoms with Gasteiger partial charge in [0.15, 0.2) is 0 Å².